The molecule has 0 aromatic heterocycles. The van der Waals surface area contributed by atoms with Crippen LogP contribution in [0.3, 0.4) is 0 Å². The molecule has 1 aliphatic carbocycles. The average Bonchev–Trinajstić information content (AvgIpc) is 2.69. The smallest absolute Gasteiger partial charge is 0.129 e. The van der Waals surface area contributed by atoms with Crippen molar-refractivity contribution in [3.63, 3.8) is 0 Å². The van der Waals surface area contributed by atoms with Crippen molar-refractivity contribution >= 4 is 11.6 Å². The summed E-state index contributed by atoms with van der Waals surface area (Å²) in [5, 5.41) is 3.84. The first kappa shape index (κ1) is 12.8. The second-order valence-electron chi connectivity index (χ2n) is 5.00. The van der Waals surface area contributed by atoms with Crippen LogP contribution in [0.4, 0.5) is 4.39 Å². The summed E-state index contributed by atoms with van der Waals surface area (Å²) in [6.45, 7) is 3.79. The molecule has 1 fully saturated rings. The van der Waals surface area contributed by atoms with Crippen molar-refractivity contribution < 1.29 is 4.39 Å². The van der Waals surface area contributed by atoms with Gasteiger partial charge in [0, 0.05) is 17.1 Å². The minimum atomic E-state index is -0.218. The number of halogens is 2. The molecule has 0 spiro atoms. The van der Waals surface area contributed by atoms with Gasteiger partial charge in [-0.05, 0) is 36.9 Å². The molecular weight excluding hydrogens is 237 g/mol. The van der Waals surface area contributed by atoms with Gasteiger partial charge in [-0.2, -0.15) is 0 Å². The first-order valence-electron chi connectivity index (χ1n) is 6.32. The van der Waals surface area contributed by atoms with Crippen molar-refractivity contribution in [3.8, 4) is 0 Å². The Labute approximate surface area is 107 Å². The zero-order chi connectivity index (χ0) is 12.3. The second-order valence-corrected chi connectivity index (χ2v) is 5.41. The minimum absolute atomic E-state index is 0.218. The maximum absolute atomic E-state index is 13.5. The van der Waals surface area contributed by atoms with E-state index in [1.165, 1.54) is 25.3 Å². The van der Waals surface area contributed by atoms with Crippen molar-refractivity contribution in [2.75, 3.05) is 6.54 Å². The van der Waals surface area contributed by atoms with Gasteiger partial charge in [0.25, 0.3) is 0 Å². The Balaban J connectivity index is 1.86. The number of hydrogen-bond donors (Lipinski definition) is 1. The fourth-order valence-corrected chi connectivity index (χ4v) is 2.84. The molecule has 1 saturated carbocycles. The molecule has 0 saturated heterocycles. The molecule has 1 nitrogen and oxygen atoms in total. The van der Waals surface area contributed by atoms with E-state index < -0.39 is 0 Å². The van der Waals surface area contributed by atoms with Crippen LogP contribution in [0.25, 0.3) is 0 Å². The Morgan fingerprint density at radius 3 is 2.88 bits per heavy atom. The van der Waals surface area contributed by atoms with Crippen molar-refractivity contribution in [2.24, 2.45) is 11.8 Å². The lowest BCUT2D eigenvalue weighted by Gasteiger charge is -2.16. The normalized spacial score (nSPS) is 24.2. The maximum atomic E-state index is 13.5. The molecule has 1 aliphatic rings. The highest BCUT2D eigenvalue weighted by atomic mass is 35.5. The highest BCUT2D eigenvalue weighted by Gasteiger charge is 2.22. The molecule has 0 heterocycles. The molecule has 1 aromatic rings. The number of benzene rings is 1. The van der Waals surface area contributed by atoms with Gasteiger partial charge in [0.2, 0.25) is 0 Å². The first-order chi connectivity index (χ1) is 8.18. The molecule has 94 valence electrons. The second kappa shape index (κ2) is 5.83. The van der Waals surface area contributed by atoms with Crippen LogP contribution in [-0.4, -0.2) is 6.54 Å². The van der Waals surface area contributed by atoms with Gasteiger partial charge in [-0.25, -0.2) is 4.39 Å². The van der Waals surface area contributed by atoms with Gasteiger partial charge in [0.1, 0.15) is 5.82 Å². The third-order valence-electron chi connectivity index (χ3n) is 3.81. The van der Waals surface area contributed by atoms with Gasteiger partial charge in [-0.15, -0.1) is 0 Å². The quantitative estimate of drug-likeness (QED) is 0.857. The first-order valence-corrected chi connectivity index (χ1v) is 6.70. The Morgan fingerprint density at radius 1 is 1.41 bits per heavy atom. The lowest BCUT2D eigenvalue weighted by molar-refractivity contribution is 0.390. The van der Waals surface area contributed by atoms with E-state index in [1.54, 1.807) is 12.1 Å². The SMILES string of the molecule is CC1CCCC1CNCc1c(F)cccc1Cl. The molecule has 0 aliphatic heterocycles. The molecule has 17 heavy (non-hydrogen) atoms. The van der Waals surface area contributed by atoms with Gasteiger partial charge in [0.05, 0.1) is 0 Å². The highest BCUT2D eigenvalue weighted by molar-refractivity contribution is 6.31. The maximum Gasteiger partial charge on any atom is 0.129 e. The zero-order valence-electron chi connectivity index (χ0n) is 10.2. The van der Waals surface area contributed by atoms with Crippen molar-refractivity contribution in [3.05, 3.63) is 34.6 Å². The summed E-state index contributed by atoms with van der Waals surface area (Å²) in [4.78, 5) is 0. The Kier molecular flexibility index (Phi) is 4.41. The van der Waals surface area contributed by atoms with Crippen LogP contribution in [0.1, 0.15) is 31.7 Å². The third-order valence-corrected chi connectivity index (χ3v) is 4.16. The summed E-state index contributed by atoms with van der Waals surface area (Å²) in [6.07, 6.45) is 3.94. The molecule has 2 unspecified atom stereocenters. The minimum Gasteiger partial charge on any atom is -0.312 e. The number of rotatable bonds is 4. The van der Waals surface area contributed by atoms with E-state index in [0.717, 1.165) is 18.4 Å². The lowest BCUT2D eigenvalue weighted by Crippen LogP contribution is -2.24. The largest absolute Gasteiger partial charge is 0.312 e. The molecule has 1 aromatic carbocycles. The van der Waals surface area contributed by atoms with Gasteiger partial charge in [-0.3, -0.25) is 0 Å². The van der Waals surface area contributed by atoms with E-state index in [0.29, 0.717) is 17.1 Å². The standard InChI is InChI=1S/C14H19ClFN/c1-10-4-2-5-11(10)8-17-9-12-13(15)6-3-7-14(12)16/h3,6-7,10-11,17H,2,4-5,8-9H2,1H3. The van der Waals surface area contributed by atoms with E-state index in [-0.39, 0.29) is 5.82 Å². The molecule has 1 N–H and O–H groups in total. The predicted molar refractivity (Wildman–Crippen MR) is 69.6 cm³/mol. The van der Waals surface area contributed by atoms with Crippen molar-refractivity contribution in [1.82, 2.24) is 5.32 Å². The Bertz CT molecular complexity index is 360. The summed E-state index contributed by atoms with van der Waals surface area (Å²) < 4.78 is 13.5. The Morgan fingerprint density at radius 2 is 2.24 bits per heavy atom. The average molecular weight is 256 g/mol. The number of nitrogens with one attached hydrogen (secondary N) is 1. The monoisotopic (exact) mass is 255 g/mol. The molecule has 2 rings (SSSR count). The summed E-state index contributed by atoms with van der Waals surface area (Å²) in [5.41, 5.74) is 0.583. The summed E-state index contributed by atoms with van der Waals surface area (Å²) in [5.74, 6) is 1.31. The van der Waals surface area contributed by atoms with Gasteiger partial charge in [0.15, 0.2) is 0 Å². The zero-order valence-corrected chi connectivity index (χ0v) is 10.9. The van der Waals surface area contributed by atoms with Gasteiger partial charge in [-0.1, -0.05) is 37.4 Å². The van der Waals surface area contributed by atoms with E-state index in [2.05, 4.69) is 12.2 Å². The van der Waals surface area contributed by atoms with Crippen molar-refractivity contribution in [1.29, 1.82) is 0 Å². The lowest BCUT2D eigenvalue weighted by atomic mass is 9.98. The predicted octanol–water partition coefficient (Wildman–Crippen LogP) is 4.00. The van der Waals surface area contributed by atoms with Crippen LogP contribution in [0, 0.1) is 17.7 Å². The molecule has 0 amide bonds. The van der Waals surface area contributed by atoms with Gasteiger partial charge < -0.3 is 5.32 Å². The van der Waals surface area contributed by atoms with Crippen LogP contribution < -0.4 is 5.32 Å². The summed E-state index contributed by atoms with van der Waals surface area (Å²) >= 11 is 5.97. The topological polar surface area (TPSA) is 12.0 Å². The molecule has 3 heteroatoms. The summed E-state index contributed by atoms with van der Waals surface area (Å²) in [6, 6.07) is 4.83. The van der Waals surface area contributed by atoms with Gasteiger partial charge >= 0.3 is 0 Å². The van der Waals surface area contributed by atoms with Crippen LogP contribution in [0.5, 0.6) is 0 Å². The van der Waals surface area contributed by atoms with E-state index in [9.17, 15) is 4.39 Å². The third kappa shape index (κ3) is 3.20. The van der Waals surface area contributed by atoms with E-state index in [4.69, 9.17) is 11.6 Å². The molecule has 0 bridgehead atoms. The van der Waals surface area contributed by atoms with Crippen LogP contribution >= 0.6 is 11.6 Å². The van der Waals surface area contributed by atoms with E-state index in [1.807, 2.05) is 0 Å². The van der Waals surface area contributed by atoms with Crippen molar-refractivity contribution in [2.45, 2.75) is 32.7 Å². The van der Waals surface area contributed by atoms with Crippen LogP contribution in [0.15, 0.2) is 18.2 Å². The summed E-state index contributed by atoms with van der Waals surface area (Å²) in [7, 11) is 0. The van der Waals surface area contributed by atoms with Crippen LogP contribution in [0.2, 0.25) is 5.02 Å². The molecule has 0 radical (unpaired) electrons. The molecule has 2 atom stereocenters. The highest BCUT2D eigenvalue weighted by Crippen LogP contribution is 2.30. The fraction of sp³-hybridized carbons (Fsp3) is 0.571. The Hall–Kier alpha value is -0.600. The van der Waals surface area contributed by atoms with E-state index >= 15 is 0 Å². The number of hydrogen-bond acceptors (Lipinski definition) is 1. The fourth-order valence-electron chi connectivity index (χ4n) is 2.61. The molecular formula is C14H19ClFN. The van der Waals surface area contributed by atoms with Crippen LogP contribution in [-0.2, 0) is 6.54 Å².